The summed E-state index contributed by atoms with van der Waals surface area (Å²) in [6.45, 7) is 4.02. The van der Waals surface area contributed by atoms with E-state index in [1.54, 1.807) is 4.90 Å². The fraction of sp³-hybridized carbons (Fsp3) is 0.652. The molecule has 2 bridgehead atoms. The van der Waals surface area contributed by atoms with Crippen LogP contribution in [0.3, 0.4) is 0 Å². The topological polar surface area (TPSA) is 43.9 Å². The Hall–Kier alpha value is -1.88. The first-order chi connectivity index (χ1) is 13.7. The van der Waals surface area contributed by atoms with Crippen molar-refractivity contribution in [2.24, 2.45) is 5.92 Å². The van der Waals surface area contributed by atoms with E-state index < -0.39 is 0 Å². The summed E-state index contributed by atoms with van der Waals surface area (Å²) in [5.74, 6) is 0.898. The first-order valence-electron chi connectivity index (χ1n) is 11.1. The molecule has 4 aliphatic heterocycles. The molecule has 0 aromatic heterocycles. The van der Waals surface area contributed by atoms with Crippen LogP contribution >= 0.6 is 0 Å². The lowest BCUT2D eigenvalue weighted by Gasteiger charge is -2.38. The number of fused-ring (bicyclic) bond motifs is 5. The van der Waals surface area contributed by atoms with E-state index in [0.29, 0.717) is 24.4 Å². The highest BCUT2D eigenvalue weighted by molar-refractivity contribution is 5.85. The van der Waals surface area contributed by atoms with Gasteiger partial charge in [0.2, 0.25) is 11.8 Å². The molecule has 4 saturated heterocycles. The lowest BCUT2D eigenvalue weighted by molar-refractivity contribution is -0.144. The number of hydrogen-bond donors (Lipinski definition) is 0. The number of carbonyl (C=O) groups is 2. The molecule has 28 heavy (non-hydrogen) atoms. The van der Waals surface area contributed by atoms with Crippen LogP contribution in [0.25, 0.3) is 0 Å². The molecule has 0 unspecified atom stereocenters. The highest BCUT2D eigenvalue weighted by atomic mass is 16.2. The van der Waals surface area contributed by atoms with E-state index in [9.17, 15) is 9.59 Å². The lowest BCUT2D eigenvalue weighted by atomic mass is 9.95. The maximum atomic E-state index is 13.1. The fourth-order valence-corrected chi connectivity index (χ4v) is 5.80. The van der Waals surface area contributed by atoms with Gasteiger partial charge in [-0.25, -0.2) is 0 Å². The Morgan fingerprint density at radius 1 is 0.964 bits per heavy atom. The number of likely N-dealkylation sites (tertiary alicyclic amines) is 1. The van der Waals surface area contributed by atoms with Crippen molar-refractivity contribution >= 4 is 11.8 Å². The van der Waals surface area contributed by atoms with Gasteiger partial charge < -0.3 is 9.80 Å². The maximum Gasteiger partial charge on any atom is 0.242 e. The summed E-state index contributed by atoms with van der Waals surface area (Å²) < 4.78 is 0. The molecule has 5 nitrogen and oxygen atoms in total. The van der Waals surface area contributed by atoms with Crippen LogP contribution in [-0.2, 0) is 22.4 Å². The molecular weight excluding hydrogens is 350 g/mol. The van der Waals surface area contributed by atoms with Gasteiger partial charge in [0.25, 0.3) is 0 Å². The van der Waals surface area contributed by atoms with Crippen LogP contribution in [0.5, 0.6) is 0 Å². The first kappa shape index (κ1) is 18.2. The van der Waals surface area contributed by atoms with Gasteiger partial charge in [0.05, 0.1) is 6.54 Å². The molecule has 1 aromatic rings. The van der Waals surface area contributed by atoms with Crippen LogP contribution in [0.1, 0.15) is 43.2 Å². The minimum absolute atomic E-state index is 0.157. The number of rotatable bonds is 3. The molecule has 5 aliphatic rings. The maximum absolute atomic E-state index is 13.1. The van der Waals surface area contributed by atoms with E-state index in [0.717, 1.165) is 58.3 Å². The van der Waals surface area contributed by atoms with E-state index in [4.69, 9.17) is 0 Å². The van der Waals surface area contributed by atoms with E-state index >= 15 is 0 Å². The molecule has 1 aromatic carbocycles. The zero-order valence-electron chi connectivity index (χ0n) is 16.7. The summed E-state index contributed by atoms with van der Waals surface area (Å²) in [4.78, 5) is 31.8. The summed E-state index contributed by atoms with van der Waals surface area (Å²) in [5.41, 5.74) is 3.00. The van der Waals surface area contributed by atoms with Crippen molar-refractivity contribution in [1.82, 2.24) is 14.7 Å². The summed E-state index contributed by atoms with van der Waals surface area (Å²) >= 11 is 0. The second-order valence-electron chi connectivity index (χ2n) is 9.20. The predicted octanol–water partition coefficient (Wildman–Crippen LogP) is 2.09. The molecule has 2 amide bonds. The van der Waals surface area contributed by atoms with E-state index in [-0.39, 0.29) is 18.4 Å². The Morgan fingerprint density at radius 2 is 1.75 bits per heavy atom. The number of hydrogen-bond acceptors (Lipinski definition) is 3. The van der Waals surface area contributed by atoms with Crippen LogP contribution in [-0.4, -0.2) is 71.3 Å². The van der Waals surface area contributed by atoms with Crippen LogP contribution in [0.2, 0.25) is 0 Å². The Balaban J connectivity index is 1.25. The minimum Gasteiger partial charge on any atom is -0.337 e. The summed E-state index contributed by atoms with van der Waals surface area (Å²) in [5, 5.41) is 0. The molecular formula is C23H31N3O2. The van der Waals surface area contributed by atoms with Gasteiger partial charge in [-0.15, -0.1) is 0 Å². The number of piperidine rings is 2. The van der Waals surface area contributed by atoms with Crippen molar-refractivity contribution in [3.63, 3.8) is 0 Å². The van der Waals surface area contributed by atoms with Crippen LogP contribution < -0.4 is 0 Å². The number of benzene rings is 1. The largest absolute Gasteiger partial charge is 0.337 e. The van der Waals surface area contributed by atoms with E-state index in [2.05, 4.69) is 34.1 Å². The minimum atomic E-state index is 0.157. The molecule has 0 N–H and O–H groups in total. The number of carbonyl (C=O) groups excluding carboxylic acids is 2. The van der Waals surface area contributed by atoms with Gasteiger partial charge in [0, 0.05) is 44.7 Å². The van der Waals surface area contributed by atoms with Crippen molar-refractivity contribution in [2.75, 3.05) is 32.7 Å². The average Bonchev–Trinajstić information content (AvgIpc) is 2.92. The van der Waals surface area contributed by atoms with Crippen LogP contribution in [0, 0.1) is 5.92 Å². The zero-order chi connectivity index (χ0) is 19.1. The van der Waals surface area contributed by atoms with Crippen LogP contribution in [0.15, 0.2) is 24.3 Å². The Bertz CT molecular complexity index is 739. The van der Waals surface area contributed by atoms with Crippen LogP contribution in [0.4, 0.5) is 0 Å². The van der Waals surface area contributed by atoms with Gasteiger partial charge in [-0.05, 0) is 55.6 Å². The van der Waals surface area contributed by atoms with E-state index in [1.165, 1.54) is 17.5 Å². The van der Waals surface area contributed by atoms with Crippen molar-refractivity contribution in [3.8, 4) is 0 Å². The van der Waals surface area contributed by atoms with Crippen molar-refractivity contribution < 1.29 is 9.59 Å². The molecule has 2 atom stereocenters. The van der Waals surface area contributed by atoms with Gasteiger partial charge in [-0.1, -0.05) is 24.3 Å². The fourth-order valence-electron chi connectivity index (χ4n) is 5.80. The third-order valence-corrected chi connectivity index (χ3v) is 7.36. The summed E-state index contributed by atoms with van der Waals surface area (Å²) in [7, 11) is 0. The van der Waals surface area contributed by atoms with Gasteiger partial charge in [0.15, 0.2) is 0 Å². The van der Waals surface area contributed by atoms with E-state index in [1.807, 2.05) is 0 Å². The monoisotopic (exact) mass is 381 g/mol. The second kappa shape index (κ2) is 7.51. The highest BCUT2D eigenvalue weighted by Gasteiger charge is 2.40. The Kier molecular flexibility index (Phi) is 4.87. The van der Waals surface area contributed by atoms with Gasteiger partial charge in [-0.3, -0.25) is 14.5 Å². The molecule has 0 radical (unpaired) electrons. The van der Waals surface area contributed by atoms with Gasteiger partial charge >= 0.3 is 0 Å². The number of nitrogens with zero attached hydrogens (tertiary/aromatic N) is 3. The standard InChI is InChI=1S/C23H31N3O2/c27-22-7-3-4-10-24(22)16-23(28)26-14-17-8-9-20(26)15-25(13-17)21-11-18-5-1-2-6-19(18)12-21/h1-2,5-6,17,20-21H,3-4,7-16H2/t17-,20+/m0/s1. The second-order valence-corrected chi connectivity index (χ2v) is 9.20. The quantitative estimate of drug-likeness (QED) is 0.805. The van der Waals surface area contributed by atoms with Crippen molar-refractivity contribution in [1.29, 1.82) is 0 Å². The molecule has 150 valence electrons. The smallest absolute Gasteiger partial charge is 0.242 e. The van der Waals surface area contributed by atoms with Crippen molar-refractivity contribution in [3.05, 3.63) is 35.4 Å². The molecule has 1 aliphatic carbocycles. The summed E-state index contributed by atoms with van der Waals surface area (Å²) in [6, 6.07) is 9.74. The normalized spacial score (nSPS) is 28.5. The Morgan fingerprint density at radius 3 is 2.50 bits per heavy atom. The lowest BCUT2D eigenvalue weighted by Crippen LogP contribution is -2.52. The molecule has 0 spiro atoms. The highest BCUT2D eigenvalue weighted by Crippen LogP contribution is 2.33. The third kappa shape index (κ3) is 3.45. The first-order valence-corrected chi connectivity index (χ1v) is 11.1. The van der Waals surface area contributed by atoms with Crippen molar-refractivity contribution in [2.45, 2.75) is 57.0 Å². The molecule has 6 rings (SSSR count). The molecule has 0 saturated carbocycles. The van der Waals surface area contributed by atoms with Gasteiger partial charge in [0.1, 0.15) is 0 Å². The predicted molar refractivity (Wildman–Crippen MR) is 108 cm³/mol. The van der Waals surface area contributed by atoms with Gasteiger partial charge in [-0.2, -0.15) is 0 Å². The Labute approximate surface area is 167 Å². The SMILES string of the molecule is O=C1CCCCN1CC(=O)N1C[C@H]2CC[C@@H]1CN(C1Cc3ccccc3C1)C2. The summed E-state index contributed by atoms with van der Waals surface area (Å²) in [6.07, 6.45) is 7.23. The molecule has 4 heterocycles. The number of amides is 2. The zero-order valence-corrected chi connectivity index (χ0v) is 16.7. The third-order valence-electron chi connectivity index (χ3n) is 7.36. The average molecular weight is 382 g/mol. The molecule has 5 heteroatoms. The molecule has 4 fully saturated rings.